The summed E-state index contributed by atoms with van der Waals surface area (Å²) in [6.45, 7) is 0.682. The summed E-state index contributed by atoms with van der Waals surface area (Å²) in [7, 11) is 1.40. The summed E-state index contributed by atoms with van der Waals surface area (Å²) in [6.07, 6.45) is 0. The van der Waals surface area contributed by atoms with Crippen molar-refractivity contribution in [3.63, 3.8) is 0 Å². The summed E-state index contributed by atoms with van der Waals surface area (Å²) >= 11 is 5.67. The molecule has 0 atom stereocenters. The van der Waals surface area contributed by atoms with Gasteiger partial charge in [-0.15, -0.1) is 5.10 Å². The van der Waals surface area contributed by atoms with Crippen molar-refractivity contribution in [1.82, 2.24) is 19.7 Å². The molecule has 0 radical (unpaired) electrons. The van der Waals surface area contributed by atoms with Crippen LogP contribution in [0.5, 0.6) is 5.88 Å². The molecular weight excluding hydrogens is 279 g/mol. The Morgan fingerprint density at radius 3 is 2.84 bits per heavy atom. The third-order valence-corrected chi connectivity index (χ3v) is 2.53. The van der Waals surface area contributed by atoms with Gasteiger partial charge >= 0.3 is 0 Å². The normalized spacial score (nSPS) is 11.2. The molecule has 2 rings (SSSR count). The highest BCUT2D eigenvalue weighted by Gasteiger charge is 2.18. The van der Waals surface area contributed by atoms with Crippen LogP contribution in [0.1, 0.15) is 0 Å². The third kappa shape index (κ3) is 2.91. The number of hydrogen-bond donors (Lipinski definition) is 1. The molecule has 104 valence electrons. The third-order valence-electron chi connectivity index (χ3n) is 2.36. The highest BCUT2D eigenvalue weighted by molar-refractivity contribution is 6.28. The van der Waals surface area contributed by atoms with Crippen LogP contribution in [-0.2, 0) is 11.3 Å². The molecule has 0 spiro atoms. The molecule has 7 nitrogen and oxygen atoms in total. The molecule has 1 N–H and O–H groups in total. The van der Waals surface area contributed by atoms with E-state index in [1.165, 1.54) is 11.8 Å². The Balaban J connectivity index is 2.33. The average Bonchev–Trinajstić information content (AvgIpc) is 2.71. The van der Waals surface area contributed by atoms with E-state index in [2.05, 4.69) is 15.1 Å². The highest BCUT2D eigenvalue weighted by atomic mass is 35.5. The molecule has 0 fully saturated rings. The second-order valence-electron chi connectivity index (χ2n) is 3.55. The molecule has 0 aliphatic rings. The van der Waals surface area contributed by atoms with Crippen molar-refractivity contribution in [2.45, 2.75) is 6.54 Å². The number of nitrogens with zero attached hydrogens (tertiary/aromatic N) is 4. The van der Waals surface area contributed by atoms with Crippen molar-refractivity contribution in [3.05, 3.63) is 11.2 Å². The van der Waals surface area contributed by atoms with Crippen LogP contribution in [0.15, 0.2) is 0 Å². The molecule has 0 bridgehead atoms. The van der Waals surface area contributed by atoms with Gasteiger partial charge in [0.1, 0.15) is 0 Å². The predicted octanol–water partition coefficient (Wildman–Crippen LogP) is 0.636. The average molecular weight is 291 g/mol. The first-order valence-corrected chi connectivity index (χ1v) is 5.87. The van der Waals surface area contributed by atoms with E-state index in [1.54, 1.807) is 0 Å². The molecule has 0 amide bonds. The number of rotatable bonds is 6. The summed E-state index contributed by atoms with van der Waals surface area (Å²) < 4.78 is 25.2. The Bertz CT molecular complexity index is 577. The molecule has 0 aromatic carbocycles. The number of aromatic nitrogens is 4. The number of methoxy groups -OCH3 is 1. The Labute approximate surface area is 112 Å². The molecule has 2 heterocycles. The van der Waals surface area contributed by atoms with Crippen molar-refractivity contribution in [1.29, 1.82) is 0 Å². The summed E-state index contributed by atoms with van der Waals surface area (Å²) in [5.74, 6) is -0.603. The summed E-state index contributed by atoms with van der Waals surface area (Å²) in [4.78, 5) is 7.65. The Morgan fingerprint density at radius 1 is 1.37 bits per heavy atom. The van der Waals surface area contributed by atoms with Gasteiger partial charge in [-0.2, -0.15) is 9.37 Å². The van der Waals surface area contributed by atoms with Gasteiger partial charge in [-0.1, -0.05) is 0 Å². The van der Waals surface area contributed by atoms with Crippen LogP contribution in [0, 0.1) is 5.95 Å². The fourth-order valence-corrected chi connectivity index (χ4v) is 1.77. The van der Waals surface area contributed by atoms with Gasteiger partial charge in [0.15, 0.2) is 11.0 Å². The number of hydrogen-bond acceptors (Lipinski definition) is 6. The van der Waals surface area contributed by atoms with E-state index in [9.17, 15) is 4.39 Å². The van der Waals surface area contributed by atoms with Crippen molar-refractivity contribution in [2.24, 2.45) is 0 Å². The molecule has 0 aliphatic heterocycles. The lowest BCUT2D eigenvalue weighted by atomic mass is 10.4. The Hall–Kier alpha value is -1.51. The van der Waals surface area contributed by atoms with Crippen LogP contribution in [0.4, 0.5) is 4.39 Å². The van der Waals surface area contributed by atoms with Crippen LogP contribution in [-0.4, -0.2) is 51.8 Å². The van der Waals surface area contributed by atoms with Gasteiger partial charge < -0.3 is 14.6 Å². The van der Waals surface area contributed by atoms with E-state index in [0.717, 1.165) is 0 Å². The zero-order valence-electron chi connectivity index (χ0n) is 10.1. The first-order valence-electron chi connectivity index (χ1n) is 5.49. The zero-order chi connectivity index (χ0) is 13.8. The second kappa shape index (κ2) is 6.09. The molecular formula is C10H12ClFN4O3. The van der Waals surface area contributed by atoms with E-state index < -0.39 is 5.95 Å². The predicted molar refractivity (Wildman–Crippen MR) is 64.7 cm³/mol. The monoisotopic (exact) mass is 290 g/mol. The van der Waals surface area contributed by atoms with Gasteiger partial charge in [0.25, 0.3) is 5.95 Å². The lowest BCUT2D eigenvalue weighted by Gasteiger charge is -2.06. The van der Waals surface area contributed by atoms with Gasteiger partial charge in [-0.05, 0) is 11.6 Å². The van der Waals surface area contributed by atoms with Gasteiger partial charge in [-0.25, -0.2) is 4.98 Å². The zero-order valence-corrected chi connectivity index (χ0v) is 10.9. The van der Waals surface area contributed by atoms with Gasteiger partial charge in [0, 0.05) is 0 Å². The number of ether oxygens (including phenoxy) is 2. The number of aliphatic hydroxyl groups is 1. The minimum Gasteiger partial charge on any atom is -0.479 e. The molecule has 0 aliphatic carbocycles. The van der Waals surface area contributed by atoms with Crippen LogP contribution in [0.2, 0.25) is 5.28 Å². The van der Waals surface area contributed by atoms with Crippen LogP contribution < -0.4 is 4.74 Å². The van der Waals surface area contributed by atoms with Crippen LogP contribution >= 0.6 is 11.6 Å². The summed E-state index contributed by atoms with van der Waals surface area (Å²) in [6, 6.07) is 0. The fraction of sp³-hybridized carbons (Fsp3) is 0.500. The standard InChI is InChI=1S/C10H12ClFN4O3/c1-18-9-7-6(13-10(11)14-9)8(12)15-16(7)2-4-19-5-3-17/h17H,2-5H2,1H3. The van der Waals surface area contributed by atoms with Crippen molar-refractivity contribution in [2.75, 3.05) is 26.9 Å². The van der Waals surface area contributed by atoms with E-state index in [4.69, 9.17) is 26.2 Å². The molecule has 9 heteroatoms. The molecule has 0 unspecified atom stereocenters. The van der Waals surface area contributed by atoms with E-state index in [1.807, 2.05) is 0 Å². The van der Waals surface area contributed by atoms with Gasteiger partial charge in [0.2, 0.25) is 11.2 Å². The van der Waals surface area contributed by atoms with E-state index in [0.29, 0.717) is 5.52 Å². The van der Waals surface area contributed by atoms with Crippen molar-refractivity contribution in [3.8, 4) is 5.88 Å². The minimum atomic E-state index is -0.750. The van der Waals surface area contributed by atoms with Gasteiger partial charge in [0.05, 0.1) is 33.5 Å². The largest absolute Gasteiger partial charge is 0.479 e. The second-order valence-corrected chi connectivity index (χ2v) is 3.89. The smallest absolute Gasteiger partial charge is 0.259 e. The maximum Gasteiger partial charge on any atom is 0.259 e. The molecule has 2 aromatic heterocycles. The summed E-state index contributed by atoms with van der Waals surface area (Å²) in [5.41, 5.74) is 0.316. The maximum absolute atomic E-state index is 13.7. The fourth-order valence-electron chi connectivity index (χ4n) is 1.61. The maximum atomic E-state index is 13.7. The Kier molecular flexibility index (Phi) is 4.46. The lowest BCUT2D eigenvalue weighted by Crippen LogP contribution is -2.10. The van der Waals surface area contributed by atoms with Crippen molar-refractivity contribution < 1.29 is 19.0 Å². The molecule has 0 saturated carbocycles. The number of aliphatic hydroxyl groups excluding tert-OH is 1. The van der Waals surface area contributed by atoms with E-state index >= 15 is 0 Å². The van der Waals surface area contributed by atoms with Gasteiger partial charge in [-0.3, -0.25) is 4.68 Å². The topological polar surface area (TPSA) is 82.3 Å². The lowest BCUT2D eigenvalue weighted by molar-refractivity contribution is 0.0857. The van der Waals surface area contributed by atoms with Crippen LogP contribution in [0.3, 0.4) is 0 Å². The number of fused-ring (bicyclic) bond motifs is 1. The SMILES string of the molecule is COc1nc(Cl)nc2c(F)nn(CCOCCO)c12. The van der Waals surface area contributed by atoms with E-state index in [-0.39, 0.29) is 43.0 Å². The molecule has 2 aromatic rings. The Morgan fingerprint density at radius 2 is 2.16 bits per heavy atom. The molecule has 0 saturated heterocycles. The quantitative estimate of drug-likeness (QED) is 0.621. The van der Waals surface area contributed by atoms with Crippen LogP contribution in [0.25, 0.3) is 11.0 Å². The van der Waals surface area contributed by atoms with Crippen molar-refractivity contribution >= 4 is 22.6 Å². The summed E-state index contributed by atoms with van der Waals surface area (Å²) in [5, 5.41) is 12.2. The highest BCUT2D eigenvalue weighted by Crippen LogP contribution is 2.25. The first-order chi connectivity index (χ1) is 9.17. The molecule has 19 heavy (non-hydrogen) atoms. The first kappa shape index (κ1) is 13.9. The minimum absolute atomic E-state index is 0.000918. The number of halogens is 2.